The van der Waals surface area contributed by atoms with Crippen LogP contribution < -0.4 is 15.6 Å². The van der Waals surface area contributed by atoms with E-state index in [1.165, 1.54) is 0 Å². The number of carbonyl (C=O) groups excluding carboxylic acids is 1. The summed E-state index contributed by atoms with van der Waals surface area (Å²) in [6.07, 6.45) is 0.137. The van der Waals surface area contributed by atoms with Crippen molar-refractivity contribution in [2.45, 2.75) is 13.3 Å². The van der Waals surface area contributed by atoms with Crippen LogP contribution in [0.1, 0.15) is 11.4 Å². The molecule has 0 saturated heterocycles. The van der Waals surface area contributed by atoms with Gasteiger partial charge in [0.15, 0.2) is 0 Å². The van der Waals surface area contributed by atoms with Crippen molar-refractivity contribution >= 4 is 34.1 Å². The minimum atomic E-state index is -0.194. The first-order chi connectivity index (χ1) is 15.0. The fourth-order valence-electron chi connectivity index (χ4n) is 3.42. The molecule has 0 saturated carbocycles. The van der Waals surface area contributed by atoms with Gasteiger partial charge in [-0.15, -0.1) is 0 Å². The van der Waals surface area contributed by atoms with E-state index < -0.39 is 0 Å². The lowest BCUT2D eigenvalue weighted by molar-refractivity contribution is -0.115. The second-order valence-electron chi connectivity index (χ2n) is 7.05. The summed E-state index contributed by atoms with van der Waals surface area (Å²) >= 11 is 6.22. The molecule has 1 aromatic heterocycles. The van der Waals surface area contributed by atoms with Crippen LogP contribution >= 0.6 is 11.6 Å². The maximum Gasteiger partial charge on any atom is 0.265 e. The Morgan fingerprint density at radius 1 is 1.10 bits per heavy atom. The van der Waals surface area contributed by atoms with Gasteiger partial charge in [0.25, 0.3) is 5.56 Å². The molecule has 0 aliphatic carbocycles. The molecule has 0 spiro atoms. The van der Waals surface area contributed by atoms with Crippen LogP contribution in [0.4, 0.5) is 5.69 Å². The Bertz CT molecular complexity index is 1330. The number of hydrogen-bond acceptors (Lipinski definition) is 4. The molecule has 3 aromatic carbocycles. The quantitative estimate of drug-likeness (QED) is 0.501. The summed E-state index contributed by atoms with van der Waals surface area (Å²) in [6.45, 7) is 1.79. The average Bonchev–Trinajstić information content (AvgIpc) is 2.76. The molecule has 0 aliphatic rings. The third-order valence-corrected chi connectivity index (χ3v) is 5.32. The monoisotopic (exact) mass is 433 g/mol. The van der Waals surface area contributed by atoms with Crippen LogP contribution in [0, 0.1) is 6.92 Å². The predicted octanol–water partition coefficient (Wildman–Crippen LogP) is 4.54. The Labute approximate surface area is 184 Å². The van der Waals surface area contributed by atoms with Crippen LogP contribution in [0.25, 0.3) is 16.6 Å². The van der Waals surface area contributed by atoms with Gasteiger partial charge in [0.05, 0.1) is 30.1 Å². The Morgan fingerprint density at radius 2 is 1.84 bits per heavy atom. The van der Waals surface area contributed by atoms with Gasteiger partial charge in [0.2, 0.25) is 5.91 Å². The van der Waals surface area contributed by atoms with Crippen LogP contribution in [0.15, 0.2) is 71.5 Å². The lowest BCUT2D eigenvalue weighted by atomic mass is 10.1. The van der Waals surface area contributed by atoms with Crippen LogP contribution in [0.5, 0.6) is 5.75 Å². The number of amides is 1. The lowest BCUT2D eigenvalue weighted by Gasteiger charge is -2.12. The van der Waals surface area contributed by atoms with Crippen molar-refractivity contribution in [1.82, 2.24) is 9.55 Å². The van der Waals surface area contributed by atoms with Crippen molar-refractivity contribution in [2.24, 2.45) is 0 Å². The summed E-state index contributed by atoms with van der Waals surface area (Å²) in [4.78, 5) is 29.9. The molecule has 4 aromatic rings. The van der Waals surface area contributed by atoms with E-state index in [0.29, 0.717) is 44.4 Å². The molecule has 31 heavy (non-hydrogen) atoms. The number of hydrogen-bond donors (Lipinski definition) is 1. The fraction of sp³-hybridized carbons (Fsp3) is 0.125. The molecule has 6 nitrogen and oxygen atoms in total. The van der Waals surface area contributed by atoms with E-state index >= 15 is 0 Å². The van der Waals surface area contributed by atoms with Crippen LogP contribution in [0.3, 0.4) is 0 Å². The van der Waals surface area contributed by atoms with E-state index in [1.807, 2.05) is 18.2 Å². The summed E-state index contributed by atoms with van der Waals surface area (Å²) < 4.78 is 6.69. The summed E-state index contributed by atoms with van der Waals surface area (Å²) in [5, 5.41) is 3.88. The Kier molecular flexibility index (Phi) is 5.73. The third kappa shape index (κ3) is 4.29. The van der Waals surface area contributed by atoms with Crippen molar-refractivity contribution in [2.75, 3.05) is 12.4 Å². The molecule has 0 fully saturated rings. The largest absolute Gasteiger partial charge is 0.497 e. The molecule has 0 aliphatic heterocycles. The number of carbonyl (C=O) groups is 1. The van der Waals surface area contributed by atoms with Crippen LogP contribution in [-0.4, -0.2) is 22.6 Å². The molecule has 1 N–H and O–H groups in total. The molecule has 0 radical (unpaired) electrons. The molecule has 156 valence electrons. The highest BCUT2D eigenvalue weighted by Gasteiger charge is 2.11. The number of nitrogens with one attached hydrogen (secondary N) is 1. The molecule has 1 heterocycles. The van der Waals surface area contributed by atoms with Gasteiger partial charge in [-0.05, 0) is 61.0 Å². The SMILES string of the molecule is COc1ccc(CC(=O)Nc2ccc(-n3c(C)nc4ccccc4c3=O)cc2)c(Cl)c1. The van der Waals surface area contributed by atoms with E-state index in [0.717, 1.165) is 0 Å². The molecule has 0 atom stereocenters. The number of rotatable bonds is 5. The molecular formula is C24H20ClN3O3. The number of fused-ring (bicyclic) bond motifs is 1. The highest BCUT2D eigenvalue weighted by molar-refractivity contribution is 6.31. The third-order valence-electron chi connectivity index (χ3n) is 4.96. The number of ether oxygens (including phenoxy) is 1. The highest BCUT2D eigenvalue weighted by Crippen LogP contribution is 2.23. The number of halogens is 1. The Morgan fingerprint density at radius 3 is 2.55 bits per heavy atom. The van der Waals surface area contributed by atoms with E-state index in [4.69, 9.17) is 16.3 Å². The predicted molar refractivity (Wildman–Crippen MR) is 122 cm³/mol. The number of aryl methyl sites for hydroxylation is 1. The lowest BCUT2D eigenvalue weighted by Crippen LogP contribution is -2.22. The van der Waals surface area contributed by atoms with Crippen LogP contribution in [-0.2, 0) is 11.2 Å². The second kappa shape index (κ2) is 8.62. The van der Waals surface area contributed by atoms with Crippen molar-refractivity contribution < 1.29 is 9.53 Å². The number of anilines is 1. The van der Waals surface area contributed by atoms with Gasteiger partial charge < -0.3 is 10.1 Å². The van der Waals surface area contributed by atoms with E-state index in [2.05, 4.69) is 10.3 Å². The zero-order valence-electron chi connectivity index (χ0n) is 17.1. The normalized spacial score (nSPS) is 10.8. The first-order valence-electron chi connectivity index (χ1n) is 9.67. The van der Waals surface area contributed by atoms with Crippen molar-refractivity contribution in [3.8, 4) is 11.4 Å². The Hall–Kier alpha value is -3.64. The average molecular weight is 434 g/mol. The van der Waals surface area contributed by atoms with Gasteiger partial charge in [-0.3, -0.25) is 14.2 Å². The second-order valence-corrected chi connectivity index (χ2v) is 7.45. The summed E-state index contributed by atoms with van der Waals surface area (Å²) in [5.41, 5.74) is 2.55. The first kappa shape index (κ1) is 20.6. The van der Waals surface area contributed by atoms with E-state index in [-0.39, 0.29) is 17.9 Å². The summed E-state index contributed by atoms with van der Waals surface area (Å²) in [7, 11) is 1.56. The number of benzene rings is 3. The fourth-order valence-corrected chi connectivity index (χ4v) is 3.66. The van der Waals surface area contributed by atoms with Gasteiger partial charge >= 0.3 is 0 Å². The zero-order valence-corrected chi connectivity index (χ0v) is 17.8. The minimum Gasteiger partial charge on any atom is -0.497 e. The minimum absolute atomic E-state index is 0.131. The highest BCUT2D eigenvalue weighted by atomic mass is 35.5. The van der Waals surface area contributed by atoms with Crippen molar-refractivity contribution in [1.29, 1.82) is 0 Å². The summed E-state index contributed by atoms with van der Waals surface area (Å²) in [6, 6.07) is 19.5. The van der Waals surface area contributed by atoms with Gasteiger partial charge in [0, 0.05) is 10.7 Å². The number of nitrogens with zero attached hydrogens (tertiary/aromatic N) is 2. The van der Waals surface area contributed by atoms with Gasteiger partial charge in [-0.25, -0.2) is 4.98 Å². The summed E-state index contributed by atoms with van der Waals surface area (Å²) in [5.74, 6) is 1.04. The first-order valence-corrected chi connectivity index (χ1v) is 10.0. The molecule has 7 heteroatoms. The van der Waals surface area contributed by atoms with Gasteiger partial charge in [-0.2, -0.15) is 0 Å². The van der Waals surface area contributed by atoms with Gasteiger partial charge in [-0.1, -0.05) is 29.8 Å². The molecule has 1 amide bonds. The van der Waals surface area contributed by atoms with Gasteiger partial charge in [0.1, 0.15) is 11.6 Å². The molecular weight excluding hydrogens is 414 g/mol. The van der Waals surface area contributed by atoms with Crippen molar-refractivity contribution in [3.05, 3.63) is 93.5 Å². The molecule has 0 unspecified atom stereocenters. The molecule has 4 rings (SSSR count). The zero-order chi connectivity index (χ0) is 22.0. The smallest absolute Gasteiger partial charge is 0.265 e. The topological polar surface area (TPSA) is 73.2 Å². The number of para-hydroxylation sites is 1. The van der Waals surface area contributed by atoms with Crippen molar-refractivity contribution in [3.63, 3.8) is 0 Å². The molecule has 0 bridgehead atoms. The van der Waals surface area contributed by atoms with Crippen LogP contribution in [0.2, 0.25) is 5.02 Å². The Balaban J connectivity index is 1.53. The number of methoxy groups -OCH3 is 1. The maximum atomic E-state index is 12.9. The number of aromatic nitrogens is 2. The standard InChI is InChI=1S/C24H20ClN3O3/c1-15-26-22-6-4-3-5-20(22)24(30)28(15)18-10-8-17(9-11-18)27-23(29)13-16-7-12-19(31-2)14-21(16)25/h3-12,14H,13H2,1-2H3,(H,27,29). The maximum absolute atomic E-state index is 12.9. The van der Waals surface area contributed by atoms with E-state index in [9.17, 15) is 9.59 Å². The van der Waals surface area contributed by atoms with E-state index in [1.54, 1.807) is 67.1 Å².